The van der Waals surface area contributed by atoms with Crippen molar-refractivity contribution in [1.82, 2.24) is 4.90 Å². The Hall–Kier alpha value is -2.95. The number of nitriles is 1. The Labute approximate surface area is 191 Å². The normalized spacial score (nSPS) is 21.9. The van der Waals surface area contributed by atoms with Gasteiger partial charge >= 0.3 is 0 Å². The highest BCUT2D eigenvalue weighted by molar-refractivity contribution is 6.32. The summed E-state index contributed by atoms with van der Waals surface area (Å²) in [6.45, 7) is 3.05. The van der Waals surface area contributed by atoms with Crippen LogP contribution in [-0.2, 0) is 21.5 Å². The van der Waals surface area contributed by atoms with Gasteiger partial charge in [-0.05, 0) is 48.6 Å². The average molecular weight is 455 g/mol. The number of amides is 1. The Bertz CT molecular complexity index is 1120. The number of rotatable bonds is 4. The van der Waals surface area contributed by atoms with Crippen molar-refractivity contribution in [1.29, 1.82) is 5.26 Å². The van der Waals surface area contributed by atoms with E-state index >= 15 is 0 Å². The first-order valence-corrected chi connectivity index (χ1v) is 10.9. The summed E-state index contributed by atoms with van der Waals surface area (Å²) in [7, 11) is 0. The van der Waals surface area contributed by atoms with E-state index in [2.05, 4.69) is 0 Å². The summed E-state index contributed by atoms with van der Waals surface area (Å²) < 4.78 is 18.9. The zero-order valence-electron chi connectivity index (χ0n) is 17.8. The van der Waals surface area contributed by atoms with Gasteiger partial charge in [0, 0.05) is 30.7 Å². The van der Waals surface area contributed by atoms with Gasteiger partial charge in [-0.2, -0.15) is 5.26 Å². The predicted molar refractivity (Wildman–Crippen MR) is 120 cm³/mol. The third-order valence-electron chi connectivity index (χ3n) is 6.16. The number of hydrogen-bond acceptors (Lipinski definition) is 5. The molecule has 32 heavy (non-hydrogen) atoms. The molecule has 6 nitrogen and oxygen atoms in total. The molecule has 8 heteroatoms. The molecule has 0 radical (unpaired) electrons. The summed E-state index contributed by atoms with van der Waals surface area (Å²) in [6, 6.07) is 11.7. The lowest BCUT2D eigenvalue weighted by Crippen LogP contribution is -2.55. The number of carbonyl (C=O) groups excluding carboxylic acids is 1. The van der Waals surface area contributed by atoms with E-state index in [0.717, 1.165) is 18.4 Å². The van der Waals surface area contributed by atoms with Gasteiger partial charge in [0.15, 0.2) is 5.96 Å². The highest BCUT2D eigenvalue weighted by atomic mass is 35.5. The summed E-state index contributed by atoms with van der Waals surface area (Å²) in [5, 5.41) is 9.81. The Morgan fingerprint density at radius 1 is 1.31 bits per heavy atom. The average Bonchev–Trinajstić information content (AvgIpc) is 2.76. The number of carbonyl (C=O) groups is 1. The molecule has 1 fully saturated rings. The van der Waals surface area contributed by atoms with Crippen LogP contribution in [0.1, 0.15) is 48.4 Å². The standard InChI is InChI=1S/C24H24ClFN4O2/c1-24(13-21(31)30(23(28)29-24)19-7-9-32-10-8-19)20-4-2-3-16(22(20)25)11-15-5-6-18(26)12-17(15)14-27/h2-6,12,19H,7-11,13H2,1H3,(H2,28,29)/t24-/m0/s1. The van der Waals surface area contributed by atoms with Gasteiger partial charge in [-0.3, -0.25) is 9.69 Å². The van der Waals surface area contributed by atoms with Crippen molar-refractivity contribution in [3.8, 4) is 6.07 Å². The maximum absolute atomic E-state index is 13.5. The number of halogens is 2. The molecule has 1 atom stereocenters. The van der Waals surface area contributed by atoms with Crippen LogP contribution in [0, 0.1) is 17.1 Å². The molecule has 166 valence electrons. The van der Waals surface area contributed by atoms with E-state index in [9.17, 15) is 14.4 Å². The highest BCUT2D eigenvalue weighted by Crippen LogP contribution is 2.40. The largest absolute Gasteiger partial charge is 0.381 e. The molecule has 0 aliphatic carbocycles. The molecule has 0 saturated carbocycles. The molecule has 2 aromatic rings. The second kappa shape index (κ2) is 8.89. The zero-order chi connectivity index (χ0) is 22.9. The van der Waals surface area contributed by atoms with Gasteiger partial charge in [0.25, 0.3) is 0 Å². The minimum Gasteiger partial charge on any atom is -0.381 e. The molecule has 4 rings (SSSR count). The first kappa shape index (κ1) is 22.3. The van der Waals surface area contributed by atoms with Crippen LogP contribution in [0.25, 0.3) is 0 Å². The molecule has 2 aliphatic rings. The molecular formula is C24H24ClFN4O2. The quantitative estimate of drug-likeness (QED) is 0.758. The number of nitrogens with zero attached hydrogens (tertiary/aromatic N) is 3. The Morgan fingerprint density at radius 3 is 2.75 bits per heavy atom. The van der Waals surface area contributed by atoms with Crippen LogP contribution in [0.5, 0.6) is 0 Å². The van der Waals surface area contributed by atoms with Crippen molar-refractivity contribution < 1.29 is 13.9 Å². The Morgan fingerprint density at radius 2 is 2.06 bits per heavy atom. The molecule has 2 aromatic carbocycles. The number of nitrogens with two attached hydrogens (primary N) is 1. The molecule has 2 aliphatic heterocycles. The van der Waals surface area contributed by atoms with Crippen LogP contribution in [0.2, 0.25) is 5.02 Å². The van der Waals surface area contributed by atoms with Crippen molar-refractivity contribution in [2.75, 3.05) is 13.2 Å². The summed E-state index contributed by atoms with van der Waals surface area (Å²) in [4.78, 5) is 19.4. The van der Waals surface area contributed by atoms with E-state index in [0.29, 0.717) is 35.8 Å². The van der Waals surface area contributed by atoms with Gasteiger partial charge in [0.1, 0.15) is 5.82 Å². The first-order valence-electron chi connectivity index (χ1n) is 10.5. The van der Waals surface area contributed by atoms with Crippen LogP contribution < -0.4 is 5.73 Å². The van der Waals surface area contributed by atoms with Crippen molar-refractivity contribution in [2.24, 2.45) is 10.7 Å². The maximum atomic E-state index is 13.5. The lowest BCUT2D eigenvalue weighted by atomic mass is 9.85. The Kier molecular flexibility index (Phi) is 6.18. The molecule has 2 heterocycles. The van der Waals surface area contributed by atoms with E-state index in [1.54, 1.807) is 11.0 Å². The number of ether oxygens (including phenoxy) is 1. The monoisotopic (exact) mass is 454 g/mol. The lowest BCUT2D eigenvalue weighted by molar-refractivity contribution is -0.132. The fourth-order valence-electron chi connectivity index (χ4n) is 4.49. The molecule has 2 N–H and O–H groups in total. The molecule has 0 bridgehead atoms. The molecule has 0 aromatic heterocycles. The van der Waals surface area contributed by atoms with Gasteiger partial charge in [0.2, 0.25) is 5.91 Å². The third kappa shape index (κ3) is 4.21. The van der Waals surface area contributed by atoms with E-state index in [1.165, 1.54) is 12.1 Å². The van der Waals surface area contributed by atoms with E-state index < -0.39 is 11.4 Å². The lowest BCUT2D eigenvalue weighted by Gasteiger charge is -2.40. The SMILES string of the molecule is C[C@@]1(c2cccc(Cc3ccc(F)cc3C#N)c2Cl)CC(=O)N(C2CCOCC2)C(N)=N1. The number of hydrogen-bond donors (Lipinski definition) is 1. The van der Waals surface area contributed by atoms with Crippen LogP contribution in [0.3, 0.4) is 0 Å². The number of aliphatic imine (C=N–C) groups is 1. The topological polar surface area (TPSA) is 91.7 Å². The summed E-state index contributed by atoms with van der Waals surface area (Å²) in [6.07, 6.45) is 1.96. The van der Waals surface area contributed by atoms with Crippen molar-refractivity contribution >= 4 is 23.5 Å². The van der Waals surface area contributed by atoms with Gasteiger partial charge in [-0.1, -0.05) is 35.9 Å². The summed E-state index contributed by atoms with van der Waals surface area (Å²) in [5.74, 6) is -0.349. The molecule has 0 unspecified atom stereocenters. The van der Waals surface area contributed by atoms with Crippen LogP contribution in [-0.4, -0.2) is 36.0 Å². The fourth-order valence-corrected chi connectivity index (χ4v) is 4.88. The van der Waals surface area contributed by atoms with Crippen molar-refractivity contribution in [3.05, 3.63) is 69.5 Å². The summed E-state index contributed by atoms with van der Waals surface area (Å²) in [5.41, 5.74) is 7.77. The van der Waals surface area contributed by atoms with Crippen molar-refractivity contribution in [3.63, 3.8) is 0 Å². The van der Waals surface area contributed by atoms with Crippen LogP contribution in [0.4, 0.5) is 4.39 Å². The molecular weight excluding hydrogens is 431 g/mol. The molecule has 1 saturated heterocycles. The molecule has 1 amide bonds. The second-order valence-corrected chi connectivity index (χ2v) is 8.77. The van der Waals surface area contributed by atoms with Crippen molar-refractivity contribution in [2.45, 2.75) is 44.2 Å². The van der Waals surface area contributed by atoms with Crippen LogP contribution >= 0.6 is 11.6 Å². The van der Waals surface area contributed by atoms with Crippen LogP contribution in [0.15, 0.2) is 41.4 Å². The smallest absolute Gasteiger partial charge is 0.232 e. The summed E-state index contributed by atoms with van der Waals surface area (Å²) >= 11 is 6.78. The number of guanidine groups is 1. The predicted octanol–water partition coefficient (Wildman–Crippen LogP) is 3.88. The van der Waals surface area contributed by atoms with E-state index in [1.807, 2.05) is 31.2 Å². The number of benzene rings is 2. The minimum atomic E-state index is -0.906. The Balaban J connectivity index is 1.66. The zero-order valence-corrected chi connectivity index (χ0v) is 18.5. The van der Waals surface area contributed by atoms with E-state index in [-0.39, 0.29) is 29.9 Å². The third-order valence-corrected chi connectivity index (χ3v) is 6.61. The van der Waals surface area contributed by atoms with Gasteiger partial charge in [-0.25, -0.2) is 9.38 Å². The maximum Gasteiger partial charge on any atom is 0.232 e. The van der Waals surface area contributed by atoms with E-state index in [4.69, 9.17) is 27.1 Å². The van der Waals surface area contributed by atoms with Gasteiger partial charge < -0.3 is 10.5 Å². The first-order chi connectivity index (χ1) is 15.3. The van der Waals surface area contributed by atoms with Gasteiger partial charge in [0.05, 0.1) is 23.6 Å². The fraction of sp³-hybridized carbons (Fsp3) is 0.375. The minimum absolute atomic E-state index is 0.00534. The second-order valence-electron chi connectivity index (χ2n) is 8.40. The van der Waals surface area contributed by atoms with Gasteiger partial charge in [-0.15, -0.1) is 0 Å². The molecule has 0 spiro atoms. The highest BCUT2D eigenvalue weighted by Gasteiger charge is 2.41.